The Labute approximate surface area is 176 Å². The molecule has 5 nitrogen and oxygen atoms in total. The van der Waals surface area contributed by atoms with Gasteiger partial charge in [0.1, 0.15) is 5.75 Å². The van der Waals surface area contributed by atoms with E-state index in [1.807, 2.05) is 24.1 Å². The SMILES string of the molecule is CC(C(=O)Nc1ccccc1OC(F)F)N(C)Cc1ccccc1N1CCCCC1. The third kappa shape index (κ3) is 5.69. The van der Waals surface area contributed by atoms with E-state index in [2.05, 4.69) is 27.1 Å². The van der Waals surface area contributed by atoms with Crippen molar-refractivity contribution in [1.29, 1.82) is 0 Å². The summed E-state index contributed by atoms with van der Waals surface area (Å²) in [7, 11) is 1.89. The number of hydrogen-bond acceptors (Lipinski definition) is 4. The molecular weight excluding hydrogens is 388 g/mol. The van der Waals surface area contributed by atoms with Gasteiger partial charge in [-0.2, -0.15) is 8.78 Å². The smallest absolute Gasteiger partial charge is 0.387 e. The van der Waals surface area contributed by atoms with Crippen molar-refractivity contribution in [3.63, 3.8) is 0 Å². The molecule has 1 saturated heterocycles. The lowest BCUT2D eigenvalue weighted by molar-refractivity contribution is -0.120. The molecule has 1 unspecified atom stereocenters. The van der Waals surface area contributed by atoms with Crippen molar-refractivity contribution >= 4 is 17.3 Å². The Hall–Kier alpha value is -2.67. The fourth-order valence-corrected chi connectivity index (χ4v) is 3.70. The number of amides is 1. The number of halogens is 2. The van der Waals surface area contributed by atoms with Gasteiger partial charge in [-0.25, -0.2) is 0 Å². The van der Waals surface area contributed by atoms with E-state index in [1.165, 1.54) is 36.6 Å². The van der Waals surface area contributed by atoms with Gasteiger partial charge in [0.15, 0.2) is 0 Å². The van der Waals surface area contributed by atoms with Crippen molar-refractivity contribution in [2.45, 2.75) is 45.4 Å². The largest absolute Gasteiger partial charge is 0.433 e. The van der Waals surface area contributed by atoms with Gasteiger partial charge in [0.25, 0.3) is 0 Å². The maximum atomic E-state index is 12.8. The predicted octanol–water partition coefficient (Wildman–Crippen LogP) is 4.74. The molecule has 0 spiro atoms. The highest BCUT2D eigenvalue weighted by Gasteiger charge is 2.22. The van der Waals surface area contributed by atoms with Crippen LogP contribution in [0.3, 0.4) is 0 Å². The number of nitrogens with zero attached hydrogens (tertiary/aromatic N) is 2. The fourth-order valence-electron chi connectivity index (χ4n) is 3.70. The highest BCUT2D eigenvalue weighted by Crippen LogP contribution is 2.27. The Bertz CT molecular complexity index is 841. The standard InChI is InChI=1S/C23H29F2N3O2/c1-17(22(29)26-19-11-5-7-13-21(19)30-23(24)25)27(2)16-18-10-4-6-12-20(18)28-14-8-3-9-15-28/h4-7,10-13,17,23H,3,8-9,14-16H2,1-2H3,(H,26,29). The average Bonchev–Trinajstić information content (AvgIpc) is 2.75. The first-order valence-electron chi connectivity index (χ1n) is 10.3. The van der Waals surface area contributed by atoms with Crippen molar-refractivity contribution in [2.24, 2.45) is 0 Å². The van der Waals surface area contributed by atoms with Crippen molar-refractivity contribution in [3.8, 4) is 5.75 Å². The minimum Gasteiger partial charge on any atom is -0.433 e. The highest BCUT2D eigenvalue weighted by atomic mass is 19.3. The van der Waals surface area contributed by atoms with Crippen molar-refractivity contribution in [1.82, 2.24) is 4.90 Å². The predicted molar refractivity (Wildman–Crippen MR) is 115 cm³/mol. The number of likely N-dealkylation sites (N-methyl/N-ethyl adjacent to an activating group) is 1. The summed E-state index contributed by atoms with van der Waals surface area (Å²) in [4.78, 5) is 17.1. The molecule has 3 rings (SSSR count). The summed E-state index contributed by atoms with van der Waals surface area (Å²) in [5, 5.41) is 2.71. The van der Waals surface area contributed by atoms with Crippen LogP contribution in [-0.4, -0.2) is 43.6 Å². The number of alkyl halides is 2. The topological polar surface area (TPSA) is 44.8 Å². The van der Waals surface area contributed by atoms with Crippen LogP contribution in [0.4, 0.5) is 20.2 Å². The van der Waals surface area contributed by atoms with Gasteiger partial charge in [-0.05, 0) is 57.0 Å². The molecule has 1 heterocycles. The second-order valence-corrected chi connectivity index (χ2v) is 7.63. The molecule has 0 bridgehead atoms. The Morgan fingerprint density at radius 3 is 2.50 bits per heavy atom. The van der Waals surface area contributed by atoms with Crippen molar-refractivity contribution in [3.05, 3.63) is 54.1 Å². The van der Waals surface area contributed by atoms with Crippen LogP contribution in [0.15, 0.2) is 48.5 Å². The van der Waals surface area contributed by atoms with Gasteiger partial charge >= 0.3 is 6.61 Å². The molecule has 1 atom stereocenters. The molecule has 1 aliphatic rings. The first-order chi connectivity index (χ1) is 14.5. The second-order valence-electron chi connectivity index (χ2n) is 7.63. The van der Waals surface area contributed by atoms with E-state index in [1.54, 1.807) is 25.1 Å². The van der Waals surface area contributed by atoms with Gasteiger partial charge < -0.3 is 15.0 Å². The highest BCUT2D eigenvalue weighted by molar-refractivity contribution is 5.95. The molecule has 0 aromatic heterocycles. The molecule has 162 valence electrons. The van der Waals surface area contributed by atoms with Gasteiger partial charge in [0, 0.05) is 25.3 Å². The van der Waals surface area contributed by atoms with Crippen LogP contribution in [0.2, 0.25) is 0 Å². The van der Waals surface area contributed by atoms with E-state index in [0.717, 1.165) is 13.1 Å². The summed E-state index contributed by atoms with van der Waals surface area (Å²) >= 11 is 0. The van der Waals surface area contributed by atoms with E-state index in [4.69, 9.17) is 0 Å². The first kappa shape index (κ1) is 22.0. The van der Waals surface area contributed by atoms with Crippen LogP contribution >= 0.6 is 0 Å². The summed E-state index contributed by atoms with van der Waals surface area (Å²) in [6.07, 6.45) is 3.67. The Balaban J connectivity index is 1.67. The minimum absolute atomic E-state index is 0.0499. The number of para-hydroxylation sites is 3. The van der Waals surface area contributed by atoms with E-state index < -0.39 is 12.7 Å². The van der Waals surface area contributed by atoms with Crippen LogP contribution in [0, 0.1) is 0 Å². The van der Waals surface area contributed by atoms with E-state index >= 15 is 0 Å². The summed E-state index contributed by atoms with van der Waals surface area (Å²) < 4.78 is 29.7. The van der Waals surface area contributed by atoms with Crippen molar-refractivity contribution < 1.29 is 18.3 Å². The zero-order chi connectivity index (χ0) is 21.5. The number of piperidine rings is 1. The molecule has 0 saturated carbocycles. The van der Waals surface area contributed by atoms with Gasteiger partial charge in [-0.1, -0.05) is 30.3 Å². The lowest BCUT2D eigenvalue weighted by atomic mass is 10.1. The number of benzene rings is 2. The average molecular weight is 418 g/mol. The summed E-state index contributed by atoms with van der Waals surface area (Å²) in [5.74, 6) is -0.329. The number of ether oxygens (including phenoxy) is 1. The summed E-state index contributed by atoms with van der Waals surface area (Å²) in [5.41, 5.74) is 2.62. The molecule has 2 aromatic carbocycles. The Kier molecular flexibility index (Phi) is 7.63. The van der Waals surface area contributed by atoms with Gasteiger partial charge in [0.05, 0.1) is 11.7 Å². The second kappa shape index (κ2) is 10.4. The van der Waals surface area contributed by atoms with Gasteiger partial charge in [-0.3, -0.25) is 9.69 Å². The molecule has 30 heavy (non-hydrogen) atoms. The lowest BCUT2D eigenvalue weighted by Gasteiger charge is -2.32. The maximum absolute atomic E-state index is 12.8. The molecule has 0 aliphatic carbocycles. The van der Waals surface area contributed by atoms with E-state index in [0.29, 0.717) is 6.54 Å². The first-order valence-corrected chi connectivity index (χ1v) is 10.3. The number of nitrogens with one attached hydrogen (secondary N) is 1. The van der Waals surface area contributed by atoms with Crippen molar-refractivity contribution in [2.75, 3.05) is 30.4 Å². The normalized spacial score (nSPS) is 15.3. The fraction of sp³-hybridized carbons (Fsp3) is 0.435. The molecule has 0 radical (unpaired) electrons. The van der Waals surface area contributed by atoms with Crippen LogP contribution in [0.25, 0.3) is 0 Å². The lowest BCUT2D eigenvalue weighted by Crippen LogP contribution is -2.39. The van der Waals surface area contributed by atoms with Crippen LogP contribution < -0.4 is 15.0 Å². The minimum atomic E-state index is -2.95. The summed E-state index contributed by atoms with van der Waals surface area (Å²) in [6.45, 7) is 1.57. The third-order valence-electron chi connectivity index (χ3n) is 5.51. The number of rotatable bonds is 8. The van der Waals surface area contributed by atoms with E-state index in [9.17, 15) is 13.6 Å². The van der Waals surface area contributed by atoms with E-state index in [-0.39, 0.29) is 17.3 Å². The zero-order valence-corrected chi connectivity index (χ0v) is 17.5. The monoisotopic (exact) mass is 417 g/mol. The Morgan fingerprint density at radius 2 is 1.77 bits per heavy atom. The quantitative estimate of drug-likeness (QED) is 0.674. The zero-order valence-electron chi connectivity index (χ0n) is 17.5. The maximum Gasteiger partial charge on any atom is 0.387 e. The molecule has 2 aromatic rings. The van der Waals surface area contributed by atoms with Gasteiger partial charge in [0.2, 0.25) is 5.91 Å². The molecule has 7 heteroatoms. The van der Waals surface area contributed by atoms with Gasteiger partial charge in [-0.15, -0.1) is 0 Å². The molecular formula is C23H29F2N3O2. The molecule has 1 fully saturated rings. The molecule has 1 amide bonds. The van der Waals surface area contributed by atoms with Crippen LogP contribution in [0.1, 0.15) is 31.7 Å². The number of hydrogen-bond donors (Lipinski definition) is 1. The molecule has 1 N–H and O–H groups in total. The number of anilines is 2. The number of carbonyl (C=O) groups excluding carboxylic acids is 1. The van der Waals surface area contributed by atoms with Crippen LogP contribution in [0.5, 0.6) is 5.75 Å². The Morgan fingerprint density at radius 1 is 1.10 bits per heavy atom. The number of carbonyl (C=O) groups is 1. The van der Waals surface area contributed by atoms with Crippen LogP contribution in [-0.2, 0) is 11.3 Å². The summed E-state index contributed by atoms with van der Waals surface area (Å²) in [6, 6.07) is 14.0. The third-order valence-corrected chi connectivity index (χ3v) is 5.51. The molecule has 1 aliphatic heterocycles.